The lowest BCUT2D eigenvalue weighted by molar-refractivity contribution is -0.141. The Hall–Kier alpha value is -4.87. The van der Waals surface area contributed by atoms with Gasteiger partial charge in [-0.15, -0.1) is 0 Å². The van der Waals surface area contributed by atoms with Gasteiger partial charge in [0.2, 0.25) is 11.9 Å². The molecule has 0 aliphatic carbocycles. The lowest BCUT2D eigenvalue weighted by atomic mass is 10.1. The Morgan fingerprint density at radius 2 is 1.61 bits per heavy atom. The van der Waals surface area contributed by atoms with E-state index in [0.29, 0.717) is 22.9 Å². The van der Waals surface area contributed by atoms with E-state index in [4.69, 9.17) is 16.2 Å². The molecule has 1 amide bonds. The van der Waals surface area contributed by atoms with Crippen LogP contribution in [-0.4, -0.2) is 27.4 Å². The number of hydrogen-bond donors (Lipinski definition) is 4. The summed E-state index contributed by atoms with van der Waals surface area (Å²) in [5, 5.41) is 6.01. The lowest BCUT2D eigenvalue weighted by Gasteiger charge is -2.11. The van der Waals surface area contributed by atoms with Gasteiger partial charge in [0.05, 0.1) is 12.2 Å². The highest BCUT2D eigenvalue weighted by atomic mass is 19.4. The molecule has 2 aromatic heterocycles. The van der Waals surface area contributed by atoms with Crippen LogP contribution in [0.25, 0.3) is 11.3 Å². The number of alkyl halides is 3. The van der Waals surface area contributed by atoms with Crippen molar-refractivity contribution in [3.05, 3.63) is 78.6 Å². The number of carbonyl (C=O) groups excluding carboxylic acids is 1. The number of nitrogens with one attached hydrogen (secondary N) is 2. The van der Waals surface area contributed by atoms with Gasteiger partial charge in [-0.3, -0.25) is 9.78 Å². The first-order valence-corrected chi connectivity index (χ1v) is 10.5. The van der Waals surface area contributed by atoms with E-state index in [9.17, 15) is 18.0 Å². The topological polar surface area (TPSA) is 141 Å². The van der Waals surface area contributed by atoms with Gasteiger partial charge in [-0.2, -0.15) is 18.2 Å². The van der Waals surface area contributed by atoms with Crippen molar-refractivity contribution >= 4 is 29.0 Å². The summed E-state index contributed by atoms with van der Waals surface area (Å²) >= 11 is 0. The van der Waals surface area contributed by atoms with Crippen molar-refractivity contribution in [1.82, 2.24) is 15.0 Å². The summed E-state index contributed by atoms with van der Waals surface area (Å²) in [6.07, 6.45) is -3.52. The maximum absolute atomic E-state index is 12.8. The maximum Gasteiger partial charge on any atom is 0.433 e. The first-order chi connectivity index (χ1) is 17.2. The van der Waals surface area contributed by atoms with Gasteiger partial charge < -0.3 is 26.8 Å². The molecule has 184 valence electrons. The molecule has 2 aromatic carbocycles. The fourth-order valence-electron chi connectivity index (χ4n) is 3.15. The number of nitrogens with two attached hydrogens (primary N) is 2. The summed E-state index contributed by atoms with van der Waals surface area (Å²) in [4.78, 5) is 22.7. The van der Waals surface area contributed by atoms with E-state index in [2.05, 4.69) is 25.6 Å². The second kappa shape index (κ2) is 10.2. The Morgan fingerprint density at radius 3 is 2.28 bits per heavy atom. The minimum Gasteiger partial charge on any atom is -0.457 e. The molecule has 0 aliphatic rings. The zero-order chi connectivity index (χ0) is 25.7. The van der Waals surface area contributed by atoms with Gasteiger partial charge in [-0.25, -0.2) is 4.98 Å². The lowest BCUT2D eigenvalue weighted by Crippen LogP contribution is -2.21. The molecule has 0 spiro atoms. The summed E-state index contributed by atoms with van der Waals surface area (Å²) in [5.41, 5.74) is 12.7. The quantitative estimate of drug-likeness (QED) is 0.279. The Bertz CT molecular complexity index is 1360. The molecular weight excluding hydrogens is 475 g/mol. The van der Waals surface area contributed by atoms with Gasteiger partial charge in [0.25, 0.3) is 0 Å². The normalized spacial score (nSPS) is 11.1. The number of anilines is 4. The number of aromatic nitrogens is 3. The summed E-state index contributed by atoms with van der Waals surface area (Å²) in [5.74, 6) is 0.385. The van der Waals surface area contributed by atoms with Crippen LogP contribution >= 0.6 is 0 Å². The van der Waals surface area contributed by atoms with E-state index >= 15 is 0 Å². The molecule has 4 aromatic rings. The average Bonchev–Trinajstić information content (AvgIpc) is 2.84. The standard InChI is InChI=1S/C24H20F3N7O2/c25-24(26,27)20-11-18(9-10-30-20)36-17-7-5-16(6-8-17)32-22-12-19(33-23(29)34-22)14-1-3-15(4-2-14)31-13-21(28)35/h1-12,31H,13H2,(H2,28,35)(H3,29,32,33,34). The highest BCUT2D eigenvalue weighted by molar-refractivity contribution is 5.79. The van der Waals surface area contributed by atoms with E-state index in [0.717, 1.165) is 23.5 Å². The van der Waals surface area contributed by atoms with Crippen LogP contribution in [0.2, 0.25) is 0 Å². The van der Waals surface area contributed by atoms with E-state index in [-0.39, 0.29) is 18.2 Å². The Labute approximate surface area is 203 Å². The molecule has 12 heteroatoms. The number of rotatable bonds is 8. The summed E-state index contributed by atoms with van der Waals surface area (Å²) in [6, 6.07) is 17.6. The third kappa shape index (κ3) is 6.38. The van der Waals surface area contributed by atoms with Crippen molar-refractivity contribution < 1.29 is 22.7 Å². The van der Waals surface area contributed by atoms with Gasteiger partial charge in [-0.1, -0.05) is 12.1 Å². The van der Waals surface area contributed by atoms with Gasteiger partial charge in [0.1, 0.15) is 23.0 Å². The molecular formula is C24H20F3N7O2. The predicted octanol–water partition coefficient (Wildman–Crippen LogP) is 4.57. The summed E-state index contributed by atoms with van der Waals surface area (Å²) in [6.45, 7) is 0.0227. The number of benzene rings is 2. The van der Waals surface area contributed by atoms with Crippen molar-refractivity contribution in [3.63, 3.8) is 0 Å². The van der Waals surface area contributed by atoms with Gasteiger partial charge in [-0.05, 0) is 42.5 Å². The number of halogens is 3. The molecule has 4 rings (SSSR count). The van der Waals surface area contributed by atoms with Crippen molar-refractivity contribution in [2.75, 3.05) is 22.9 Å². The van der Waals surface area contributed by atoms with Crippen molar-refractivity contribution in [2.45, 2.75) is 6.18 Å². The van der Waals surface area contributed by atoms with Crippen LogP contribution in [-0.2, 0) is 11.0 Å². The van der Waals surface area contributed by atoms with Crippen LogP contribution in [0, 0.1) is 0 Å². The van der Waals surface area contributed by atoms with Crippen LogP contribution in [0.4, 0.5) is 36.3 Å². The molecule has 2 heterocycles. The second-order valence-corrected chi connectivity index (χ2v) is 7.52. The monoisotopic (exact) mass is 495 g/mol. The molecule has 0 saturated heterocycles. The van der Waals surface area contributed by atoms with E-state index < -0.39 is 17.8 Å². The predicted molar refractivity (Wildman–Crippen MR) is 129 cm³/mol. The molecule has 0 aliphatic heterocycles. The zero-order valence-corrected chi connectivity index (χ0v) is 18.6. The molecule has 0 saturated carbocycles. The van der Waals surface area contributed by atoms with Crippen molar-refractivity contribution in [2.24, 2.45) is 5.73 Å². The van der Waals surface area contributed by atoms with Gasteiger partial charge in [0, 0.05) is 35.3 Å². The largest absolute Gasteiger partial charge is 0.457 e. The molecule has 9 nitrogen and oxygen atoms in total. The van der Waals surface area contributed by atoms with Gasteiger partial charge >= 0.3 is 6.18 Å². The minimum atomic E-state index is -4.56. The molecule has 0 fully saturated rings. The first-order valence-electron chi connectivity index (χ1n) is 10.5. The summed E-state index contributed by atoms with van der Waals surface area (Å²) in [7, 11) is 0. The van der Waals surface area contributed by atoms with Gasteiger partial charge in [0.15, 0.2) is 0 Å². The molecule has 0 radical (unpaired) electrons. The Kier molecular flexibility index (Phi) is 6.86. The third-order valence-corrected chi connectivity index (χ3v) is 4.78. The minimum absolute atomic E-state index is 0.0158. The molecule has 36 heavy (non-hydrogen) atoms. The number of pyridine rings is 1. The van der Waals surface area contributed by atoms with Crippen LogP contribution in [0.5, 0.6) is 11.5 Å². The summed E-state index contributed by atoms with van der Waals surface area (Å²) < 4.78 is 44.0. The van der Waals surface area contributed by atoms with Crippen molar-refractivity contribution in [3.8, 4) is 22.8 Å². The fraction of sp³-hybridized carbons (Fsp3) is 0.0833. The molecule has 0 atom stereocenters. The SMILES string of the molecule is NC(=O)CNc1ccc(-c2cc(Nc3ccc(Oc4ccnc(C(F)(F)F)c4)cc3)nc(N)n2)cc1. The zero-order valence-electron chi connectivity index (χ0n) is 18.6. The number of primary amides is 1. The average molecular weight is 495 g/mol. The number of carbonyl (C=O) groups is 1. The fourth-order valence-corrected chi connectivity index (χ4v) is 3.15. The van der Waals surface area contributed by atoms with E-state index in [1.54, 1.807) is 42.5 Å². The Morgan fingerprint density at radius 1 is 0.917 bits per heavy atom. The van der Waals surface area contributed by atoms with Crippen LogP contribution in [0.15, 0.2) is 72.9 Å². The molecule has 0 bridgehead atoms. The highest BCUT2D eigenvalue weighted by Gasteiger charge is 2.32. The Balaban J connectivity index is 1.45. The number of ether oxygens (including phenoxy) is 1. The maximum atomic E-state index is 12.8. The highest BCUT2D eigenvalue weighted by Crippen LogP contribution is 2.31. The van der Waals surface area contributed by atoms with Crippen molar-refractivity contribution in [1.29, 1.82) is 0 Å². The number of nitrogens with zero attached hydrogens (tertiary/aromatic N) is 3. The van der Waals surface area contributed by atoms with Crippen LogP contribution in [0.1, 0.15) is 5.69 Å². The van der Waals surface area contributed by atoms with Crippen LogP contribution in [0.3, 0.4) is 0 Å². The first kappa shape index (κ1) is 24.3. The smallest absolute Gasteiger partial charge is 0.433 e. The van der Waals surface area contributed by atoms with E-state index in [1.165, 1.54) is 6.07 Å². The van der Waals surface area contributed by atoms with E-state index in [1.807, 2.05) is 12.1 Å². The number of nitrogen functional groups attached to an aromatic ring is 1. The second-order valence-electron chi connectivity index (χ2n) is 7.52. The third-order valence-electron chi connectivity index (χ3n) is 4.78. The van der Waals surface area contributed by atoms with Crippen LogP contribution < -0.4 is 26.8 Å². The molecule has 6 N–H and O–H groups in total. The number of amides is 1. The molecule has 0 unspecified atom stereocenters. The number of hydrogen-bond acceptors (Lipinski definition) is 8.